The molecule has 1 N–H and O–H groups in total. The standard InChI is InChI=1S/C17H27N3O3S/c1-11(2)13-8-20(9-14(13)18-17(22)19(3)4)16(21)15-7-6-12(24-15)10-23-5/h6-7,11,13-14H,8-10H2,1-5H3,(H,18,22). The number of amides is 3. The highest BCUT2D eigenvalue weighted by Crippen LogP contribution is 2.27. The van der Waals surface area contributed by atoms with Crippen LogP contribution >= 0.6 is 11.3 Å². The minimum absolute atomic E-state index is 0.0118. The summed E-state index contributed by atoms with van der Waals surface area (Å²) in [6.45, 7) is 6.02. The predicted octanol–water partition coefficient (Wildman–Crippen LogP) is 2.26. The van der Waals surface area contributed by atoms with Crippen molar-refractivity contribution < 1.29 is 14.3 Å². The van der Waals surface area contributed by atoms with Gasteiger partial charge in [0.2, 0.25) is 0 Å². The van der Waals surface area contributed by atoms with E-state index in [4.69, 9.17) is 4.74 Å². The van der Waals surface area contributed by atoms with E-state index in [9.17, 15) is 9.59 Å². The summed E-state index contributed by atoms with van der Waals surface area (Å²) in [5.74, 6) is 0.688. The molecule has 0 bridgehead atoms. The van der Waals surface area contributed by atoms with Crippen LogP contribution in [0.1, 0.15) is 28.4 Å². The molecule has 134 valence electrons. The number of carbonyl (C=O) groups excluding carboxylic acids is 2. The van der Waals surface area contributed by atoms with Crippen molar-refractivity contribution in [3.63, 3.8) is 0 Å². The van der Waals surface area contributed by atoms with Crippen molar-refractivity contribution in [1.29, 1.82) is 0 Å². The van der Waals surface area contributed by atoms with E-state index in [1.807, 2.05) is 17.0 Å². The second kappa shape index (κ2) is 7.98. The van der Waals surface area contributed by atoms with Crippen molar-refractivity contribution in [3.8, 4) is 0 Å². The number of hydrogen-bond acceptors (Lipinski definition) is 4. The van der Waals surface area contributed by atoms with E-state index >= 15 is 0 Å². The molecule has 1 fully saturated rings. The van der Waals surface area contributed by atoms with Crippen molar-refractivity contribution in [2.75, 3.05) is 34.3 Å². The molecular formula is C17H27N3O3S. The van der Waals surface area contributed by atoms with Crippen LogP contribution in [0, 0.1) is 11.8 Å². The molecular weight excluding hydrogens is 326 g/mol. The first kappa shape index (κ1) is 18.7. The molecule has 7 heteroatoms. The molecule has 2 rings (SSSR count). The highest BCUT2D eigenvalue weighted by molar-refractivity contribution is 7.14. The predicted molar refractivity (Wildman–Crippen MR) is 95.3 cm³/mol. The molecule has 3 amide bonds. The first-order valence-corrected chi connectivity index (χ1v) is 8.99. The van der Waals surface area contributed by atoms with Gasteiger partial charge < -0.3 is 19.9 Å². The number of ether oxygens (including phenoxy) is 1. The topological polar surface area (TPSA) is 61.9 Å². The molecule has 0 saturated carbocycles. The van der Waals surface area contributed by atoms with Crippen LogP contribution in [-0.4, -0.2) is 62.1 Å². The van der Waals surface area contributed by atoms with Gasteiger partial charge in [-0.3, -0.25) is 4.79 Å². The van der Waals surface area contributed by atoms with Crippen LogP contribution < -0.4 is 5.32 Å². The van der Waals surface area contributed by atoms with Crippen LogP contribution in [0.4, 0.5) is 4.79 Å². The summed E-state index contributed by atoms with van der Waals surface area (Å²) in [5, 5.41) is 3.05. The third-order valence-electron chi connectivity index (χ3n) is 4.38. The Morgan fingerprint density at radius 1 is 1.38 bits per heavy atom. The molecule has 2 atom stereocenters. The monoisotopic (exact) mass is 353 g/mol. The maximum atomic E-state index is 12.8. The molecule has 0 radical (unpaired) electrons. The number of nitrogens with one attached hydrogen (secondary N) is 1. The Balaban J connectivity index is 2.07. The lowest BCUT2D eigenvalue weighted by Gasteiger charge is -2.24. The number of rotatable bonds is 5. The maximum absolute atomic E-state index is 12.8. The van der Waals surface area contributed by atoms with Gasteiger partial charge in [-0.1, -0.05) is 13.8 Å². The van der Waals surface area contributed by atoms with Crippen LogP contribution in [-0.2, 0) is 11.3 Å². The number of methoxy groups -OCH3 is 1. The highest BCUT2D eigenvalue weighted by Gasteiger charge is 2.38. The third kappa shape index (κ3) is 4.27. The van der Waals surface area contributed by atoms with Crippen molar-refractivity contribution in [3.05, 3.63) is 21.9 Å². The van der Waals surface area contributed by atoms with Gasteiger partial charge in [0, 0.05) is 45.1 Å². The van der Waals surface area contributed by atoms with Gasteiger partial charge in [-0.05, 0) is 18.1 Å². The summed E-state index contributed by atoms with van der Waals surface area (Å²) in [7, 11) is 5.09. The average Bonchev–Trinajstić information content (AvgIpc) is 3.14. The smallest absolute Gasteiger partial charge is 0.317 e. The van der Waals surface area contributed by atoms with Gasteiger partial charge in [0.15, 0.2) is 0 Å². The summed E-state index contributed by atoms with van der Waals surface area (Å²) in [4.78, 5) is 29.9. The SMILES string of the molecule is COCc1ccc(C(=O)N2CC(NC(=O)N(C)C)C(C(C)C)C2)s1. The molecule has 2 unspecified atom stereocenters. The molecule has 1 aliphatic heterocycles. The van der Waals surface area contributed by atoms with Crippen molar-refractivity contribution in [1.82, 2.24) is 15.1 Å². The minimum Gasteiger partial charge on any atom is -0.379 e. The fourth-order valence-corrected chi connectivity index (χ4v) is 3.93. The molecule has 24 heavy (non-hydrogen) atoms. The molecule has 2 heterocycles. The Kier molecular flexibility index (Phi) is 6.23. The molecule has 0 spiro atoms. The average molecular weight is 353 g/mol. The molecule has 1 aliphatic rings. The highest BCUT2D eigenvalue weighted by atomic mass is 32.1. The Morgan fingerprint density at radius 3 is 2.67 bits per heavy atom. The molecule has 6 nitrogen and oxygen atoms in total. The summed E-state index contributed by atoms with van der Waals surface area (Å²) in [5.41, 5.74) is 0. The van der Waals surface area contributed by atoms with E-state index in [1.165, 1.54) is 16.2 Å². The summed E-state index contributed by atoms with van der Waals surface area (Å²) < 4.78 is 5.11. The second-order valence-electron chi connectivity index (χ2n) is 6.77. The zero-order valence-electron chi connectivity index (χ0n) is 15.0. The Labute approximate surface area is 147 Å². The van der Waals surface area contributed by atoms with Gasteiger partial charge in [0.05, 0.1) is 17.5 Å². The van der Waals surface area contributed by atoms with Gasteiger partial charge in [-0.25, -0.2) is 4.79 Å². The van der Waals surface area contributed by atoms with Crippen LogP contribution in [0.2, 0.25) is 0 Å². The van der Waals surface area contributed by atoms with Crippen LogP contribution in [0.15, 0.2) is 12.1 Å². The number of urea groups is 1. The Morgan fingerprint density at radius 2 is 2.08 bits per heavy atom. The molecule has 0 aliphatic carbocycles. The van der Waals surface area contributed by atoms with E-state index < -0.39 is 0 Å². The third-order valence-corrected chi connectivity index (χ3v) is 5.43. The van der Waals surface area contributed by atoms with Gasteiger partial charge in [-0.2, -0.15) is 0 Å². The lowest BCUT2D eigenvalue weighted by atomic mass is 9.91. The second-order valence-corrected chi connectivity index (χ2v) is 7.94. The number of thiophene rings is 1. The van der Waals surface area contributed by atoms with Gasteiger partial charge in [0.25, 0.3) is 5.91 Å². The zero-order chi connectivity index (χ0) is 17.9. The van der Waals surface area contributed by atoms with Crippen molar-refractivity contribution in [2.45, 2.75) is 26.5 Å². The fourth-order valence-electron chi connectivity index (χ4n) is 2.98. The lowest BCUT2D eigenvalue weighted by Crippen LogP contribution is -2.46. The quantitative estimate of drug-likeness (QED) is 0.883. The Bertz CT molecular complexity index is 585. The maximum Gasteiger partial charge on any atom is 0.317 e. The van der Waals surface area contributed by atoms with Crippen LogP contribution in [0.5, 0.6) is 0 Å². The zero-order valence-corrected chi connectivity index (χ0v) is 15.9. The Hall–Kier alpha value is -1.60. The number of nitrogens with zero attached hydrogens (tertiary/aromatic N) is 2. The minimum atomic E-state index is -0.113. The summed E-state index contributed by atoms with van der Waals surface area (Å²) >= 11 is 1.47. The van der Waals surface area contributed by atoms with Crippen molar-refractivity contribution >= 4 is 23.3 Å². The van der Waals surface area contributed by atoms with E-state index in [2.05, 4.69) is 19.2 Å². The van der Waals surface area contributed by atoms with Crippen LogP contribution in [0.25, 0.3) is 0 Å². The molecule has 1 saturated heterocycles. The first-order chi connectivity index (χ1) is 11.3. The first-order valence-electron chi connectivity index (χ1n) is 8.18. The molecule has 0 aromatic carbocycles. The van der Waals surface area contributed by atoms with E-state index in [1.54, 1.807) is 21.2 Å². The van der Waals surface area contributed by atoms with Gasteiger partial charge in [-0.15, -0.1) is 11.3 Å². The largest absolute Gasteiger partial charge is 0.379 e. The molecule has 1 aromatic rings. The number of hydrogen-bond donors (Lipinski definition) is 1. The van der Waals surface area contributed by atoms with Gasteiger partial charge >= 0.3 is 6.03 Å². The van der Waals surface area contributed by atoms with E-state index in [0.717, 1.165) is 9.75 Å². The normalized spacial score (nSPS) is 20.5. The van der Waals surface area contributed by atoms with Gasteiger partial charge in [0.1, 0.15) is 0 Å². The van der Waals surface area contributed by atoms with E-state index in [0.29, 0.717) is 25.6 Å². The van der Waals surface area contributed by atoms with E-state index in [-0.39, 0.29) is 23.9 Å². The summed E-state index contributed by atoms with van der Waals surface area (Å²) in [6, 6.07) is 3.67. The fraction of sp³-hybridized carbons (Fsp3) is 0.647. The van der Waals surface area contributed by atoms with Crippen LogP contribution in [0.3, 0.4) is 0 Å². The number of carbonyl (C=O) groups is 2. The lowest BCUT2D eigenvalue weighted by molar-refractivity contribution is 0.0787. The molecule has 1 aromatic heterocycles. The summed E-state index contributed by atoms with van der Waals surface area (Å²) in [6.07, 6.45) is 0. The number of likely N-dealkylation sites (tertiary alicyclic amines) is 1. The van der Waals surface area contributed by atoms with Crippen molar-refractivity contribution in [2.24, 2.45) is 11.8 Å².